The molecule has 3 rings (SSSR count). The molecular weight excluding hydrogens is 182 g/mol. The fourth-order valence-corrected chi connectivity index (χ4v) is 2.19. The van der Waals surface area contributed by atoms with Gasteiger partial charge in [-0.2, -0.15) is 0 Å². The molecule has 2 aliphatic rings. The van der Waals surface area contributed by atoms with Crippen LogP contribution >= 0.6 is 11.8 Å². The third-order valence-corrected chi connectivity index (χ3v) is 2.91. The van der Waals surface area contributed by atoms with Gasteiger partial charge in [0.05, 0.1) is 10.8 Å². The lowest BCUT2D eigenvalue weighted by Crippen LogP contribution is -2.11. The normalized spacial score (nSPS) is 18.2. The Morgan fingerprint density at radius 3 is 3.23 bits per heavy atom. The fraction of sp³-hybridized carbons (Fsp3) is 0.100. The Morgan fingerprint density at radius 2 is 2.23 bits per heavy atom. The number of aliphatic imine (C=N–C) groups is 1. The number of para-hydroxylation sites is 1. The van der Waals surface area contributed by atoms with Gasteiger partial charge >= 0.3 is 0 Å². The highest BCUT2D eigenvalue weighted by Crippen LogP contribution is 2.35. The van der Waals surface area contributed by atoms with Crippen molar-refractivity contribution in [3.05, 3.63) is 34.7 Å². The van der Waals surface area contributed by atoms with Crippen LogP contribution in [0.15, 0.2) is 34.2 Å². The van der Waals surface area contributed by atoms with Gasteiger partial charge in [-0.15, -0.1) is 0 Å². The standard InChI is InChI=1S/C10H7NOS/c1-2-4-8-7(3-1)5-9-10(12-8)11-6-13-9/h1-5H,6H2. The monoisotopic (exact) mass is 189 g/mol. The van der Waals surface area contributed by atoms with Crippen LogP contribution in [-0.4, -0.2) is 11.8 Å². The first-order valence-corrected chi connectivity index (χ1v) is 5.08. The zero-order valence-corrected chi connectivity index (χ0v) is 7.67. The van der Waals surface area contributed by atoms with Gasteiger partial charge in [-0.05, 0) is 12.1 Å². The summed E-state index contributed by atoms with van der Waals surface area (Å²) in [6, 6.07) is 8.01. The molecule has 0 unspecified atom stereocenters. The summed E-state index contributed by atoms with van der Waals surface area (Å²) in [6.45, 7) is 0. The third kappa shape index (κ3) is 1.08. The molecule has 0 saturated heterocycles. The van der Waals surface area contributed by atoms with Crippen LogP contribution in [0.2, 0.25) is 0 Å². The molecule has 13 heavy (non-hydrogen) atoms. The van der Waals surface area contributed by atoms with Crippen molar-refractivity contribution >= 4 is 23.7 Å². The lowest BCUT2D eigenvalue weighted by atomic mass is 10.1. The van der Waals surface area contributed by atoms with E-state index < -0.39 is 0 Å². The van der Waals surface area contributed by atoms with E-state index in [2.05, 4.69) is 17.1 Å². The number of nitrogens with zero attached hydrogens (tertiary/aromatic N) is 1. The van der Waals surface area contributed by atoms with E-state index in [-0.39, 0.29) is 0 Å². The van der Waals surface area contributed by atoms with Crippen molar-refractivity contribution in [2.45, 2.75) is 0 Å². The van der Waals surface area contributed by atoms with Crippen molar-refractivity contribution in [2.24, 2.45) is 4.99 Å². The maximum atomic E-state index is 5.62. The second-order valence-corrected chi connectivity index (χ2v) is 3.87. The number of thioether (sulfide) groups is 1. The Balaban J connectivity index is 2.18. The highest BCUT2D eigenvalue weighted by molar-refractivity contribution is 8.04. The van der Waals surface area contributed by atoms with E-state index in [4.69, 9.17) is 4.74 Å². The predicted octanol–water partition coefficient (Wildman–Crippen LogP) is 2.52. The maximum Gasteiger partial charge on any atom is 0.229 e. The number of ether oxygens (including phenoxy) is 1. The van der Waals surface area contributed by atoms with Gasteiger partial charge in [0.25, 0.3) is 0 Å². The quantitative estimate of drug-likeness (QED) is 0.625. The first kappa shape index (κ1) is 7.21. The molecule has 2 nitrogen and oxygen atoms in total. The molecule has 0 saturated carbocycles. The van der Waals surface area contributed by atoms with E-state index in [1.54, 1.807) is 11.8 Å². The van der Waals surface area contributed by atoms with E-state index in [1.165, 1.54) is 0 Å². The van der Waals surface area contributed by atoms with E-state index in [1.807, 2.05) is 18.2 Å². The summed E-state index contributed by atoms with van der Waals surface area (Å²) >= 11 is 1.72. The Morgan fingerprint density at radius 1 is 1.31 bits per heavy atom. The molecule has 1 aromatic carbocycles. The molecule has 0 bridgehead atoms. The van der Waals surface area contributed by atoms with Crippen molar-refractivity contribution in [3.63, 3.8) is 0 Å². The van der Waals surface area contributed by atoms with Crippen LogP contribution in [0.25, 0.3) is 6.08 Å². The first-order valence-electron chi connectivity index (χ1n) is 4.10. The molecule has 0 aliphatic carbocycles. The van der Waals surface area contributed by atoms with Crippen molar-refractivity contribution in [2.75, 3.05) is 5.88 Å². The Kier molecular flexibility index (Phi) is 1.46. The van der Waals surface area contributed by atoms with Crippen molar-refractivity contribution in [1.29, 1.82) is 0 Å². The summed E-state index contributed by atoms with van der Waals surface area (Å²) < 4.78 is 5.62. The van der Waals surface area contributed by atoms with Gasteiger partial charge in [-0.1, -0.05) is 30.0 Å². The average molecular weight is 189 g/mol. The highest BCUT2D eigenvalue weighted by atomic mass is 32.2. The lowest BCUT2D eigenvalue weighted by Gasteiger charge is -2.14. The molecule has 0 radical (unpaired) electrons. The van der Waals surface area contributed by atoms with Gasteiger partial charge in [0.2, 0.25) is 5.90 Å². The van der Waals surface area contributed by atoms with E-state index >= 15 is 0 Å². The highest BCUT2D eigenvalue weighted by Gasteiger charge is 2.21. The Hall–Kier alpha value is -1.22. The smallest absolute Gasteiger partial charge is 0.229 e. The van der Waals surface area contributed by atoms with Gasteiger partial charge < -0.3 is 4.74 Å². The van der Waals surface area contributed by atoms with E-state index in [0.717, 1.165) is 28.0 Å². The fourth-order valence-electron chi connectivity index (χ4n) is 1.42. The van der Waals surface area contributed by atoms with Crippen molar-refractivity contribution in [1.82, 2.24) is 0 Å². The molecule has 3 heteroatoms. The van der Waals surface area contributed by atoms with Gasteiger partial charge in [0.1, 0.15) is 5.75 Å². The molecular formula is C10H7NOS. The Labute approximate surface area is 80.3 Å². The minimum Gasteiger partial charge on any atom is -0.438 e. The topological polar surface area (TPSA) is 21.6 Å². The average Bonchev–Trinajstić information content (AvgIpc) is 2.61. The molecule has 0 atom stereocenters. The molecule has 0 N–H and O–H groups in total. The molecule has 2 heterocycles. The minimum atomic E-state index is 0.781. The molecule has 2 aliphatic heterocycles. The van der Waals surface area contributed by atoms with Gasteiger partial charge in [0.15, 0.2) is 0 Å². The van der Waals surface area contributed by atoms with Crippen molar-refractivity contribution in [3.8, 4) is 5.75 Å². The summed E-state index contributed by atoms with van der Waals surface area (Å²) in [5, 5.41) is 0. The van der Waals surface area contributed by atoms with Crippen LogP contribution in [0.3, 0.4) is 0 Å². The summed E-state index contributed by atoms with van der Waals surface area (Å²) in [4.78, 5) is 5.40. The van der Waals surface area contributed by atoms with Crippen LogP contribution in [0.1, 0.15) is 5.56 Å². The number of rotatable bonds is 0. The number of hydrogen-bond donors (Lipinski definition) is 0. The SMILES string of the molecule is C1=C2SCN=C2Oc2ccccc21. The molecule has 1 aromatic rings. The maximum absolute atomic E-state index is 5.62. The van der Waals surface area contributed by atoms with Crippen LogP contribution in [0.4, 0.5) is 0 Å². The largest absolute Gasteiger partial charge is 0.438 e. The second-order valence-electron chi connectivity index (χ2n) is 2.89. The predicted molar refractivity (Wildman–Crippen MR) is 54.9 cm³/mol. The zero-order valence-electron chi connectivity index (χ0n) is 6.86. The number of fused-ring (bicyclic) bond motifs is 2. The summed E-state index contributed by atoms with van der Waals surface area (Å²) in [7, 11) is 0. The molecule has 0 amide bonds. The van der Waals surface area contributed by atoms with E-state index in [0.29, 0.717) is 0 Å². The van der Waals surface area contributed by atoms with Gasteiger partial charge in [0, 0.05) is 5.56 Å². The van der Waals surface area contributed by atoms with Crippen LogP contribution in [0.5, 0.6) is 5.75 Å². The lowest BCUT2D eigenvalue weighted by molar-refractivity contribution is 0.549. The summed E-state index contributed by atoms with van der Waals surface area (Å²) in [6.07, 6.45) is 2.13. The summed E-state index contributed by atoms with van der Waals surface area (Å²) in [5.41, 5.74) is 1.14. The van der Waals surface area contributed by atoms with Crippen LogP contribution in [-0.2, 0) is 0 Å². The number of hydrogen-bond acceptors (Lipinski definition) is 3. The molecule has 64 valence electrons. The zero-order chi connectivity index (χ0) is 8.67. The van der Waals surface area contributed by atoms with Crippen LogP contribution < -0.4 is 4.74 Å². The Bertz CT molecular complexity index is 423. The first-order chi connectivity index (χ1) is 6.43. The minimum absolute atomic E-state index is 0.781. The van der Waals surface area contributed by atoms with Crippen LogP contribution in [0, 0.1) is 0 Å². The molecule has 0 spiro atoms. The second kappa shape index (κ2) is 2.64. The molecule has 0 aromatic heterocycles. The molecule has 0 fully saturated rings. The third-order valence-electron chi connectivity index (χ3n) is 2.05. The van der Waals surface area contributed by atoms with Gasteiger partial charge in [-0.3, -0.25) is 0 Å². The van der Waals surface area contributed by atoms with E-state index in [9.17, 15) is 0 Å². The summed E-state index contributed by atoms with van der Waals surface area (Å²) in [5.74, 6) is 2.48. The van der Waals surface area contributed by atoms with Crippen molar-refractivity contribution < 1.29 is 4.74 Å². The van der Waals surface area contributed by atoms with Gasteiger partial charge in [-0.25, -0.2) is 4.99 Å². The number of benzene rings is 1.